The SMILES string of the molecule is CS(=O)(=O)CC1(CNc2cccc(C(=O)O)n2)CC1. The van der Waals surface area contributed by atoms with Crippen LogP contribution in [0, 0.1) is 5.41 Å². The molecule has 0 radical (unpaired) electrons. The van der Waals surface area contributed by atoms with E-state index in [2.05, 4.69) is 10.3 Å². The van der Waals surface area contributed by atoms with E-state index in [1.54, 1.807) is 12.1 Å². The minimum Gasteiger partial charge on any atom is -0.477 e. The molecule has 0 saturated heterocycles. The summed E-state index contributed by atoms with van der Waals surface area (Å²) in [4.78, 5) is 14.7. The molecule has 1 fully saturated rings. The Kier molecular flexibility index (Phi) is 3.49. The molecule has 1 aromatic rings. The number of aromatic nitrogens is 1. The zero-order valence-corrected chi connectivity index (χ0v) is 11.4. The number of hydrogen-bond donors (Lipinski definition) is 2. The Labute approximate surface area is 111 Å². The number of carboxylic acids is 1. The molecule has 19 heavy (non-hydrogen) atoms. The zero-order chi connectivity index (χ0) is 14.1. The summed E-state index contributed by atoms with van der Waals surface area (Å²) in [5.74, 6) is -0.466. The highest BCUT2D eigenvalue weighted by atomic mass is 32.2. The largest absolute Gasteiger partial charge is 0.477 e. The first-order valence-corrected chi connectivity index (χ1v) is 7.98. The van der Waals surface area contributed by atoms with Crippen molar-refractivity contribution in [2.45, 2.75) is 12.8 Å². The van der Waals surface area contributed by atoms with Crippen LogP contribution in [0.3, 0.4) is 0 Å². The third kappa shape index (κ3) is 3.92. The molecule has 0 aliphatic heterocycles. The highest BCUT2D eigenvalue weighted by Gasteiger charge is 2.45. The summed E-state index contributed by atoms with van der Waals surface area (Å²) in [5.41, 5.74) is -0.243. The van der Waals surface area contributed by atoms with Gasteiger partial charge in [0.2, 0.25) is 0 Å². The summed E-state index contributed by atoms with van der Waals surface area (Å²) >= 11 is 0. The van der Waals surface area contributed by atoms with E-state index in [4.69, 9.17) is 5.11 Å². The number of nitrogens with one attached hydrogen (secondary N) is 1. The molecule has 0 spiro atoms. The van der Waals surface area contributed by atoms with Crippen molar-refractivity contribution < 1.29 is 18.3 Å². The lowest BCUT2D eigenvalue weighted by molar-refractivity contribution is 0.0690. The van der Waals surface area contributed by atoms with Crippen molar-refractivity contribution in [3.63, 3.8) is 0 Å². The number of pyridine rings is 1. The Hall–Kier alpha value is -1.63. The van der Waals surface area contributed by atoms with Gasteiger partial charge in [-0.1, -0.05) is 6.07 Å². The van der Waals surface area contributed by atoms with Gasteiger partial charge in [0, 0.05) is 18.2 Å². The fourth-order valence-electron chi connectivity index (χ4n) is 2.04. The van der Waals surface area contributed by atoms with Crippen LogP contribution in [0.25, 0.3) is 0 Å². The summed E-state index contributed by atoms with van der Waals surface area (Å²) in [7, 11) is -3.00. The third-order valence-electron chi connectivity index (χ3n) is 3.14. The molecule has 1 aromatic heterocycles. The van der Waals surface area contributed by atoms with Crippen LogP contribution in [0.15, 0.2) is 18.2 Å². The van der Waals surface area contributed by atoms with Crippen LogP contribution in [0.5, 0.6) is 0 Å². The Bertz CT molecular complexity index is 594. The van der Waals surface area contributed by atoms with Crippen molar-refractivity contribution in [2.75, 3.05) is 23.9 Å². The summed E-state index contributed by atoms with van der Waals surface area (Å²) in [6, 6.07) is 4.69. The molecule has 6 nitrogen and oxygen atoms in total. The van der Waals surface area contributed by atoms with Gasteiger partial charge in [-0.15, -0.1) is 0 Å². The maximum Gasteiger partial charge on any atom is 0.354 e. The van der Waals surface area contributed by atoms with Crippen molar-refractivity contribution in [1.29, 1.82) is 0 Å². The molecule has 0 aromatic carbocycles. The molecule has 0 atom stereocenters. The van der Waals surface area contributed by atoms with Gasteiger partial charge in [-0.05, 0) is 25.0 Å². The maximum atomic E-state index is 11.3. The first-order valence-electron chi connectivity index (χ1n) is 5.92. The second kappa shape index (κ2) is 4.80. The number of carbonyl (C=O) groups is 1. The lowest BCUT2D eigenvalue weighted by atomic mass is 10.1. The van der Waals surface area contributed by atoms with Crippen LogP contribution >= 0.6 is 0 Å². The quantitative estimate of drug-likeness (QED) is 0.809. The second-order valence-corrected chi connectivity index (χ2v) is 7.28. The Morgan fingerprint density at radius 1 is 1.47 bits per heavy atom. The molecule has 0 amide bonds. The van der Waals surface area contributed by atoms with Crippen LogP contribution < -0.4 is 5.32 Å². The fraction of sp³-hybridized carbons (Fsp3) is 0.500. The summed E-state index contributed by atoms with van der Waals surface area (Å²) in [6.45, 7) is 0.496. The van der Waals surface area contributed by atoms with Gasteiger partial charge in [-0.3, -0.25) is 0 Å². The van der Waals surface area contributed by atoms with E-state index in [1.807, 2.05) is 0 Å². The average molecular weight is 284 g/mol. The highest BCUT2D eigenvalue weighted by molar-refractivity contribution is 7.90. The molecule has 1 aliphatic carbocycles. The molecular formula is C12H16N2O4S. The van der Waals surface area contributed by atoms with E-state index in [0.29, 0.717) is 12.4 Å². The topological polar surface area (TPSA) is 96.4 Å². The van der Waals surface area contributed by atoms with E-state index in [1.165, 1.54) is 12.3 Å². The van der Waals surface area contributed by atoms with E-state index in [-0.39, 0.29) is 16.9 Å². The number of nitrogens with zero attached hydrogens (tertiary/aromatic N) is 1. The fourth-order valence-corrected chi connectivity index (χ4v) is 3.54. The summed E-state index contributed by atoms with van der Waals surface area (Å²) in [5, 5.41) is 11.9. The Balaban J connectivity index is 1.99. The van der Waals surface area contributed by atoms with Crippen molar-refractivity contribution in [2.24, 2.45) is 5.41 Å². The predicted molar refractivity (Wildman–Crippen MR) is 71.1 cm³/mol. The van der Waals surface area contributed by atoms with Crippen molar-refractivity contribution in [3.8, 4) is 0 Å². The molecule has 0 bridgehead atoms. The minimum atomic E-state index is -3.00. The van der Waals surface area contributed by atoms with Gasteiger partial charge in [0.1, 0.15) is 15.7 Å². The number of aromatic carboxylic acids is 1. The summed E-state index contributed by atoms with van der Waals surface area (Å²) in [6.07, 6.45) is 2.97. The number of sulfone groups is 1. The van der Waals surface area contributed by atoms with Crippen molar-refractivity contribution >= 4 is 21.6 Å². The van der Waals surface area contributed by atoms with Crippen LogP contribution in [0.4, 0.5) is 5.82 Å². The Morgan fingerprint density at radius 3 is 2.68 bits per heavy atom. The normalized spacial score (nSPS) is 16.9. The molecule has 2 rings (SSSR count). The number of hydrogen-bond acceptors (Lipinski definition) is 5. The van der Waals surface area contributed by atoms with Gasteiger partial charge < -0.3 is 10.4 Å². The first-order chi connectivity index (χ1) is 8.80. The number of carboxylic acid groups (broad SMARTS) is 1. The van der Waals surface area contributed by atoms with Crippen LogP contribution in [-0.2, 0) is 9.84 Å². The van der Waals surface area contributed by atoms with Crippen LogP contribution in [0.1, 0.15) is 23.3 Å². The van der Waals surface area contributed by atoms with E-state index in [0.717, 1.165) is 12.8 Å². The number of anilines is 1. The third-order valence-corrected chi connectivity index (χ3v) is 4.27. The predicted octanol–water partition coefficient (Wildman–Crippen LogP) is 1.02. The van der Waals surface area contributed by atoms with Gasteiger partial charge in [0.15, 0.2) is 5.69 Å². The van der Waals surface area contributed by atoms with Crippen molar-refractivity contribution in [1.82, 2.24) is 4.98 Å². The molecule has 7 heteroatoms. The zero-order valence-electron chi connectivity index (χ0n) is 10.6. The molecule has 1 saturated carbocycles. The van der Waals surface area contributed by atoms with E-state index in [9.17, 15) is 13.2 Å². The number of rotatable bonds is 6. The van der Waals surface area contributed by atoms with Gasteiger partial charge in [-0.2, -0.15) is 0 Å². The molecular weight excluding hydrogens is 268 g/mol. The average Bonchev–Trinajstić information content (AvgIpc) is 3.05. The monoisotopic (exact) mass is 284 g/mol. The molecule has 1 aliphatic rings. The lowest BCUT2D eigenvalue weighted by Gasteiger charge is -2.15. The summed E-state index contributed by atoms with van der Waals surface area (Å²) < 4.78 is 22.6. The van der Waals surface area contributed by atoms with Crippen molar-refractivity contribution in [3.05, 3.63) is 23.9 Å². The minimum absolute atomic E-state index is 0.0297. The first kappa shape index (κ1) is 13.8. The van der Waals surface area contributed by atoms with Gasteiger partial charge in [-0.25, -0.2) is 18.2 Å². The molecule has 1 heterocycles. The maximum absolute atomic E-state index is 11.3. The molecule has 0 unspecified atom stereocenters. The van der Waals surface area contributed by atoms with Gasteiger partial charge in [0.05, 0.1) is 5.75 Å². The second-order valence-electron chi connectivity index (χ2n) is 5.14. The van der Waals surface area contributed by atoms with E-state index < -0.39 is 15.8 Å². The highest BCUT2D eigenvalue weighted by Crippen LogP contribution is 2.46. The lowest BCUT2D eigenvalue weighted by Crippen LogP contribution is -2.24. The standard InChI is InChI=1S/C12H16N2O4S/c1-19(17,18)8-12(5-6-12)7-13-10-4-2-3-9(14-10)11(15)16/h2-4H,5-8H2,1H3,(H,13,14)(H,15,16). The van der Waals surface area contributed by atoms with Gasteiger partial charge in [0.25, 0.3) is 0 Å². The van der Waals surface area contributed by atoms with Crippen LogP contribution in [-0.4, -0.2) is 43.0 Å². The smallest absolute Gasteiger partial charge is 0.354 e. The Morgan fingerprint density at radius 2 is 2.16 bits per heavy atom. The van der Waals surface area contributed by atoms with E-state index >= 15 is 0 Å². The van der Waals surface area contributed by atoms with Crippen LogP contribution in [0.2, 0.25) is 0 Å². The van der Waals surface area contributed by atoms with Gasteiger partial charge >= 0.3 is 5.97 Å². The molecule has 104 valence electrons. The molecule has 2 N–H and O–H groups in total.